The summed E-state index contributed by atoms with van der Waals surface area (Å²) in [5, 5.41) is 20.1. The van der Waals surface area contributed by atoms with Gasteiger partial charge in [0.2, 0.25) is 0 Å². The molecule has 3 heterocycles. The zero-order valence-electron chi connectivity index (χ0n) is 16.7. The van der Waals surface area contributed by atoms with Crippen molar-refractivity contribution in [3.05, 3.63) is 55.2 Å². The van der Waals surface area contributed by atoms with Gasteiger partial charge in [-0.3, -0.25) is 4.79 Å². The molecule has 1 aromatic carbocycles. The van der Waals surface area contributed by atoms with Crippen molar-refractivity contribution in [2.45, 2.75) is 31.7 Å². The summed E-state index contributed by atoms with van der Waals surface area (Å²) >= 11 is 3.37. The first kappa shape index (κ1) is 22.0. The molecule has 2 aromatic heterocycles. The standard InChI is InChI=1S/C20H19IN4O4S2/c1-11(2)7-8-25-20(27)16(18(26)17(23-25)14-4-3-9-30-14)19-22-13-6-5-12(21)10-15(13)31(28,29)24-19/h3-6,9-11,26H,7-8H2,1-2H3,(H,22,24). The Balaban J connectivity index is 1.93. The summed E-state index contributed by atoms with van der Waals surface area (Å²) in [4.78, 5) is 13.9. The number of nitrogens with one attached hydrogen (secondary N) is 1. The number of anilines is 1. The van der Waals surface area contributed by atoms with Crippen LogP contribution in [0.15, 0.2) is 49.8 Å². The summed E-state index contributed by atoms with van der Waals surface area (Å²) < 4.78 is 31.5. The Morgan fingerprint density at radius 2 is 2.06 bits per heavy atom. The van der Waals surface area contributed by atoms with Crippen molar-refractivity contribution in [3.63, 3.8) is 0 Å². The van der Waals surface area contributed by atoms with Crippen molar-refractivity contribution in [2.75, 3.05) is 5.32 Å². The molecule has 3 aromatic rings. The molecule has 8 nitrogen and oxygen atoms in total. The molecule has 4 rings (SSSR count). The minimum absolute atomic E-state index is 0.0234. The number of rotatable bonds is 5. The Bertz CT molecular complexity index is 1350. The smallest absolute Gasteiger partial charge is 0.286 e. The normalized spacial score (nSPS) is 14.8. The highest BCUT2D eigenvalue weighted by Gasteiger charge is 2.30. The van der Waals surface area contributed by atoms with Crippen molar-refractivity contribution >= 4 is 55.5 Å². The molecule has 0 saturated carbocycles. The van der Waals surface area contributed by atoms with Crippen LogP contribution in [0, 0.1) is 9.49 Å². The molecule has 0 aliphatic carbocycles. The van der Waals surface area contributed by atoms with E-state index in [0.29, 0.717) is 29.4 Å². The van der Waals surface area contributed by atoms with E-state index in [4.69, 9.17) is 0 Å². The number of aromatic nitrogens is 2. The predicted molar refractivity (Wildman–Crippen MR) is 129 cm³/mol. The van der Waals surface area contributed by atoms with E-state index in [1.54, 1.807) is 18.2 Å². The molecule has 11 heteroatoms. The number of nitrogens with zero attached hydrogens (tertiary/aromatic N) is 3. The van der Waals surface area contributed by atoms with Crippen molar-refractivity contribution in [3.8, 4) is 16.3 Å². The van der Waals surface area contributed by atoms with E-state index in [0.717, 1.165) is 3.57 Å². The first-order valence-corrected chi connectivity index (χ1v) is 12.9. The van der Waals surface area contributed by atoms with Crippen LogP contribution in [0.5, 0.6) is 5.75 Å². The van der Waals surface area contributed by atoms with Crippen LogP contribution in [-0.4, -0.2) is 29.1 Å². The molecule has 31 heavy (non-hydrogen) atoms. The van der Waals surface area contributed by atoms with Gasteiger partial charge in [0.1, 0.15) is 16.2 Å². The quantitative estimate of drug-likeness (QED) is 0.450. The number of aryl methyl sites for hydroxylation is 1. The van der Waals surface area contributed by atoms with E-state index in [1.165, 1.54) is 22.1 Å². The maximum atomic E-state index is 13.2. The summed E-state index contributed by atoms with van der Waals surface area (Å²) in [6, 6.07) is 8.44. The molecule has 0 unspecified atom stereocenters. The van der Waals surface area contributed by atoms with Gasteiger partial charge >= 0.3 is 0 Å². The third-order valence-corrected chi connectivity index (χ3v) is 7.59. The third kappa shape index (κ3) is 4.26. The number of benzene rings is 1. The largest absolute Gasteiger partial charge is 0.505 e. The number of thiophene rings is 1. The van der Waals surface area contributed by atoms with Gasteiger partial charge in [-0.1, -0.05) is 19.9 Å². The maximum Gasteiger partial charge on any atom is 0.286 e. The molecule has 0 fully saturated rings. The second kappa shape index (κ2) is 8.36. The zero-order chi connectivity index (χ0) is 22.3. The Morgan fingerprint density at radius 3 is 2.74 bits per heavy atom. The molecule has 0 bridgehead atoms. The Hall–Kier alpha value is -2.25. The van der Waals surface area contributed by atoms with Crippen LogP contribution in [0.25, 0.3) is 10.6 Å². The lowest BCUT2D eigenvalue weighted by Crippen LogP contribution is -2.34. The second-order valence-electron chi connectivity index (χ2n) is 7.44. The minimum Gasteiger partial charge on any atom is -0.505 e. The van der Waals surface area contributed by atoms with Crippen molar-refractivity contribution in [2.24, 2.45) is 10.3 Å². The summed E-state index contributed by atoms with van der Waals surface area (Å²) in [5.41, 5.74) is -0.306. The number of hydrogen-bond acceptors (Lipinski definition) is 7. The Labute approximate surface area is 196 Å². The van der Waals surface area contributed by atoms with Gasteiger partial charge in [-0.2, -0.15) is 13.5 Å². The maximum absolute atomic E-state index is 13.2. The van der Waals surface area contributed by atoms with Gasteiger partial charge in [-0.15, -0.1) is 15.7 Å². The van der Waals surface area contributed by atoms with Crippen LogP contribution in [0.4, 0.5) is 5.69 Å². The van der Waals surface area contributed by atoms with E-state index in [9.17, 15) is 18.3 Å². The van der Waals surface area contributed by atoms with Crippen LogP contribution in [0.1, 0.15) is 25.8 Å². The topological polar surface area (TPSA) is 114 Å². The van der Waals surface area contributed by atoms with Gasteiger partial charge < -0.3 is 10.4 Å². The number of fused-ring (bicyclic) bond motifs is 1. The molecule has 0 amide bonds. The molecule has 0 radical (unpaired) electrons. The van der Waals surface area contributed by atoms with Gasteiger partial charge in [0, 0.05) is 10.1 Å². The number of halogens is 1. The molecule has 1 aliphatic heterocycles. The average Bonchev–Trinajstić information content (AvgIpc) is 3.22. The van der Waals surface area contributed by atoms with Crippen molar-refractivity contribution in [1.29, 1.82) is 0 Å². The average molecular weight is 570 g/mol. The molecular formula is C20H19IN4O4S2. The highest BCUT2D eigenvalue weighted by atomic mass is 127. The molecular weight excluding hydrogens is 551 g/mol. The Morgan fingerprint density at radius 1 is 1.29 bits per heavy atom. The summed E-state index contributed by atoms with van der Waals surface area (Å²) in [5.74, 6) is -0.283. The molecule has 1 aliphatic rings. The van der Waals surface area contributed by atoms with Gasteiger partial charge in [0.05, 0.1) is 10.6 Å². The van der Waals surface area contributed by atoms with Gasteiger partial charge in [-0.25, -0.2) is 4.68 Å². The molecule has 0 saturated heterocycles. The van der Waals surface area contributed by atoms with Crippen molar-refractivity contribution < 1.29 is 13.5 Å². The number of sulfonamides is 1. The van der Waals surface area contributed by atoms with E-state index >= 15 is 0 Å². The first-order valence-electron chi connectivity index (χ1n) is 9.47. The van der Waals surface area contributed by atoms with E-state index < -0.39 is 21.3 Å². The lowest BCUT2D eigenvalue weighted by molar-refractivity contribution is 0.444. The number of aromatic hydroxyl groups is 1. The minimum atomic E-state index is -4.06. The van der Waals surface area contributed by atoms with E-state index in [2.05, 4.69) is 14.8 Å². The fraction of sp³-hybridized carbons (Fsp3) is 0.250. The first-order chi connectivity index (χ1) is 14.7. The van der Waals surface area contributed by atoms with Crippen LogP contribution in [0.2, 0.25) is 0 Å². The Kier molecular flexibility index (Phi) is 5.92. The van der Waals surface area contributed by atoms with Gasteiger partial charge in [-0.05, 0) is 64.6 Å². The SMILES string of the molecule is CC(C)CCn1nc(-c2cccs2)c(O)c(C2=NS(=O)(=O)c3cc(I)ccc3N2)c1=O. The summed E-state index contributed by atoms with van der Waals surface area (Å²) in [7, 11) is -4.06. The molecule has 2 N–H and O–H groups in total. The van der Waals surface area contributed by atoms with Crippen LogP contribution < -0.4 is 10.9 Å². The lowest BCUT2D eigenvalue weighted by atomic mass is 10.1. The zero-order valence-corrected chi connectivity index (χ0v) is 20.5. The fourth-order valence-electron chi connectivity index (χ4n) is 3.13. The lowest BCUT2D eigenvalue weighted by Gasteiger charge is -2.20. The van der Waals surface area contributed by atoms with Crippen molar-refractivity contribution in [1.82, 2.24) is 9.78 Å². The second-order valence-corrected chi connectivity index (χ2v) is 11.2. The van der Waals surface area contributed by atoms with Crippen LogP contribution >= 0.6 is 33.9 Å². The van der Waals surface area contributed by atoms with E-state index in [1.807, 2.05) is 47.9 Å². The fourth-order valence-corrected chi connectivity index (χ4v) is 5.69. The highest BCUT2D eigenvalue weighted by molar-refractivity contribution is 14.1. The summed E-state index contributed by atoms with van der Waals surface area (Å²) in [6.07, 6.45) is 0.695. The third-order valence-electron chi connectivity index (χ3n) is 4.73. The molecule has 162 valence electrons. The monoisotopic (exact) mass is 570 g/mol. The number of hydrogen-bond donors (Lipinski definition) is 2. The van der Waals surface area contributed by atoms with Crippen LogP contribution in [-0.2, 0) is 16.6 Å². The highest BCUT2D eigenvalue weighted by Crippen LogP contribution is 2.35. The van der Waals surface area contributed by atoms with Gasteiger partial charge in [0.15, 0.2) is 11.6 Å². The van der Waals surface area contributed by atoms with Crippen LogP contribution in [0.3, 0.4) is 0 Å². The predicted octanol–water partition coefficient (Wildman–Crippen LogP) is 3.89. The molecule has 0 atom stereocenters. The summed E-state index contributed by atoms with van der Waals surface area (Å²) in [6.45, 7) is 4.39. The van der Waals surface area contributed by atoms with E-state index in [-0.39, 0.29) is 22.0 Å². The molecule has 0 spiro atoms. The number of amidine groups is 1. The van der Waals surface area contributed by atoms with Gasteiger partial charge in [0.25, 0.3) is 15.6 Å².